The zero-order valence-electron chi connectivity index (χ0n) is 17.5. The molecule has 0 radical (unpaired) electrons. The zero-order chi connectivity index (χ0) is 22.6. The molecule has 0 spiro atoms. The highest BCUT2D eigenvalue weighted by atomic mass is 19.4. The second-order valence-corrected chi connectivity index (χ2v) is 7.68. The molecule has 2 aliphatic rings. The number of rotatable bonds is 3. The van der Waals surface area contributed by atoms with Crippen molar-refractivity contribution in [1.29, 1.82) is 0 Å². The van der Waals surface area contributed by atoms with Gasteiger partial charge in [-0.25, -0.2) is 9.59 Å². The summed E-state index contributed by atoms with van der Waals surface area (Å²) in [7, 11) is 3.52. The SMILES string of the molecule is Cc1cc(CN2C[C@H](NC(=O)N(C)C)[C@H]3OCCC[C@H]32)oc1C.O=C(O)C(F)(F)F. The van der Waals surface area contributed by atoms with Crippen LogP contribution in [0.25, 0.3) is 0 Å². The van der Waals surface area contributed by atoms with Gasteiger partial charge in [0.2, 0.25) is 0 Å². The second kappa shape index (κ2) is 9.69. The van der Waals surface area contributed by atoms with E-state index in [1.54, 1.807) is 19.0 Å². The average Bonchev–Trinajstić information content (AvgIpc) is 3.15. The number of hydrogen-bond donors (Lipinski definition) is 2. The fourth-order valence-corrected chi connectivity index (χ4v) is 3.58. The van der Waals surface area contributed by atoms with Crippen molar-refractivity contribution in [3.05, 3.63) is 23.2 Å². The van der Waals surface area contributed by atoms with E-state index in [9.17, 15) is 18.0 Å². The molecular formula is C19H28F3N3O5. The number of aliphatic carboxylic acids is 1. The number of carboxylic acid groups (broad SMARTS) is 1. The van der Waals surface area contributed by atoms with Crippen molar-refractivity contribution in [1.82, 2.24) is 15.1 Å². The summed E-state index contributed by atoms with van der Waals surface area (Å²) < 4.78 is 43.6. The van der Waals surface area contributed by atoms with Crippen LogP contribution in [0.2, 0.25) is 0 Å². The minimum Gasteiger partial charge on any atom is -0.475 e. The van der Waals surface area contributed by atoms with Crippen molar-refractivity contribution >= 4 is 12.0 Å². The molecule has 30 heavy (non-hydrogen) atoms. The smallest absolute Gasteiger partial charge is 0.475 e. The molecule has 2 N–H and O–H groups in total. The second-order valence-electron chi connectivity index (χ2n) is 7.68. The first kappa shape index (κ1) is 24.0. The Bertz CT molecular complexity index is 731. The molecule has 2 saturated heterocycles. The Hall–Kier alpha value is -2.27. The van der Waals surface area contributed by atoms with E-state index < -0.39 is 12.1 Å². The number of likely N-dealkylation sites (tertiary alicyclic amines) is 1. The fraction of sp³-hybridized carbons (Fsp3) is 0.684. The number of furan rings is 1. The maximum absolute atomic E-state index is 12.0. The van der Waals surface area contributed by atoms with Gasteiger partial charge >= 0.3 is 18.2 Å². The molecule has 11 heteroatoms. The number of carbonyl (C=O) groups excluding carboxylic acids is 1. The highest BCUT2D eigenvalue weighted by molar-refractivity contribution is 5.74. The summed E-state index contributed by atoms with van der Waals surface area (Å²) in [5.41, 5.74) is 1.19. The standard InChI is InChI=1S/C17H27N3O3.C2HF3O2/c1-11-8-13(23-12(11)2)9-20-10-14(18-17(21)19(3)4)16-15(20)6-5-7-22-16;3-2(4,5)1(6)7/h8,14-16H,5-7,9-10H2,1-4H3,(H,18,21);(H,6,7)/t14-,15+,16+;/m0./s1. The Morgan fingerprint density at radius 3 is 2.47 bits per heavy atom. The van der Waals surface area contributed by atoms with Crippen LogP contribution in [0.1, 0.15) is 29.9 Å². The van der Waals surface area contributed by atoms with Crippen molar-refractivity contribution in [3.8, 4) is 0 Å². The molecule has 8 nitrogen and oxygen atoms in total. The van der Waals surface area contributed by atoms with Crippen LogP contribution >= 0.6 is 0 Å². The van der Waals surface area contributed by atoms with Crippen LogP contribution in [0.3, 0.4) is 0 Å². The summed E-state index contributed by atoms with van der Waals surface area (Å²) in [5, 5.41) is 10.2. The van der Waals surface area contributed by atoms with Gasteiger partial charge in [-0.1, -0.05) is 0 Å². The molecule has 0 saturated carbocycles. The number of nitrogens with zero attached hydrogens (tertiary/aromatic N) is 2. The molecule has 0 bridgehead atoms. The summed E-state index contributed by atoms with van der Waals surface area (Å²) in [6.45, 7) is 6.41. The minimum absolute atomic E-state index is 0.0346. The first-order valence-electron chi connectivity index (χ1n) is 9.59. The third-order valence-electron chi connectivity index (χ3n) is 5.16. The third kappa shape index (κ3) is 6.11. The number of halogens is 3. The number of ether oxygens (including phenoxy) is 1. The molecule has 0 unspecified atom stereocenters. The van der Waals surface area contributed by atoms with Crippen molar-refractivity contribution in [3.63, 3.8) is 0 Å². The van der Waals surface area contributed by atoms with Gasteiger partial charge in [0.15, 0.2) is 0 Å². The van der Waals surface area contributed by atoms with E-state index in [0.717, 1.165) is 44.1 Å². The monoisotopic (exact) mass is 435 g/mol. The number of urea groups is 1. The highest BCUT2D eigenvalue weighted by Crippen LogP contribution is 2.31. The Labute approximate surface area is 172 Å². The van der Waals surface area contributed by atoms with Gasteiger partial charge in [-0.15, -0.1) is 0 Å². The van der Waals surface area contributed by atoms with Gasteiger partial charge in [0.1, 0.15) is 11.5 Å². The Morgan fingerprint density at radius 2 is 1.97 bits per heavy atom. The van der Waals surface area contributed by atoms with E-state index in [1.807, 2.05) is 6.92 Å². The molecule has 3 rings (SSSR count). The quantitative estimate of drug-likeness (QED) is 0.758. The van der Waals surface area contributed by atoms with Crippen LogP contribution in [0.15, 0.2) is 10.5 Å². The Balaban J connectivity index is 0.000000396. The van der Waals surface area contributed by atoms with Crippen LogP contribution in [0.4, 0.5) is 18.0 Å². The lowest BCUT2D eigenvalue weighted by Crippen LogP contribution is -2.50. The normalized spacial score (nSPS) is 23.9. The number of nitrogens with one attached hydrogen (secondary N) is 1. The van der Waals surface area contributed by atoms with E-state index in [1.165, 1.54) is 5.56 Å². The van der Waals surface area contributed by atoms with Gasteiger partial charge in [0, 0.05) is 33.3 Å². The number of fused-ring (bicyclic) bond motifs is 1. The van der Waals surface area contributed by atoms with Crippen LogP contribution in [0.5, 0.6) is 0 Å². The van der Waals surface area contributed by atoms with Crippen molar-refractivity contribution < 1.29 is 37.0 Å². The molecule has 1 aromatic rings. The predicted octanol–water partition coefficient (Wildman–Crippen LogP) is 2.53. The first-order valence-corrected chi connectivity index (χ1v) is 9.59. The average molecular weight is 435 g/mol. The van der Waals surface area contributed by atoms with Gasteiger partial charge in [-0.2, -0.15) is 13.2 Å². The van der Waals surface area contributed by atoms with Gasteiger partial charge in [-0.05, 0) is 38.3 Å². The van der Waals surface area contributed by atoms with E-state index in [4.69, 9.17) is 19.1 Å². The van der Waals surface area contributed by atoms with Crippen molar-refractivity contribution in [2.45, 2.75) is 57.6 Å². The summed E-state index contributed by atoms with van der Waals surface area (Å²) in [4.78, 5) is 24.9. The predicted molar refractivity (Wildman–Crippen MR) is 101 cm³/mol. The number of alkyl halides is 3. The molecule has 3 heterocycles. The summed E-state index contributed by atoms with van der Waals surface area (Å²) in [6.07, 6.45) is -2.83. The molecule has 2 amide bonds. The number of aryl methyl sites for hydroxylation is 2. The third-order valence-corrected chi connectivity index (χ3v) is 5.16. The Kier molecular flexibility index (Phi) is 7.75. The van der Waals surface area contributed by atoms with Gasteiger partial charge < -0.3 is 24.5 Å². The lowest BCUT2D eigenvalue weighted by atomic mass is 10.0. The molecule has 0 aliphatic carbocycles. The number of carboxylic acids is 1. The number of hydrogen-bond acceptors (Lipinski definition) is 5. The van der Waals surface area contributed by atoms with Crippen LogP contribution in [-0.2, 0) is 16.1 Å². The molecule has 3 atom stereocenters. The summed E-state index contributed by atoms with van der Waals surface area (Å²) >= 11 is 0. The molecule has 2 aliphatic heterocycles. The van der Waals surface area contributed by atoms with E-state index in [-0.39, 0.29) is 18.2 Å². The van der Waals surface area contributed by atoms with Gasteiger partial charge in [0.25, 0.3) is 0 Å². The van der Waals surface area contributed by atoms with Gasteiger partial charge in [0.05, 0.1) is 18.7 Å². The van der Waals surface area contributed by atoms with Crippen molar-refractivity contribution in [2.24, 2.45) is 0 Å². The van der Waals surface area contributed by atoms with E-state index in [0.29, 0.717) is 6.04 Å². The van der Waals surface area contributed by atoms with E-state index in [2.05, 4.69) is 23.2 Å². The molecular weight excluding hydrogens is 407 g/mol. The molecule has 0 aromatic carbocycles. The fourth-order valence-electron chi connectivity index (χ4n) is 3.58. The summed E-state index contributed by atoms with van der Waals surface area (Å²) in [6, 6.07) is 2.43. The lowest BCUT2D eigenvalue weighted by Gasteiger charge is -2.32. The number of carbonyl (C=O) groups is 2. The van der Waals surface area contributed by atoms with Crippen LogP contribution in [0, 0.1) is 13.8 Å². The largest absolute Gasteiger partial charge is 0.490 e. The minimum atomic E-state index is -5.08. The number of amides is 2. The maximum atomic E-state index is 12.0. The van der Waals surface area contributed by atoms with E-state index >= 15 is 0 Å². The summed E-state index contributed by atoms with van der Waals surface area (Å²) in [5.74, 6) is -0.787. The lowest BCUT2D eigenvalue weighted by molar-refractivity contribution is -0.192. The molecule has 1 aromatic heterocycles. The molecule has 2 fully saturated rings. The topological polar surface area (TPSA) is 95.3 Å². The molecule has 170 valence electrons. The highest BCUT2D eigenvalue weighted by Gasteiger charge is 2.45. The van der Waals surface area contributed by atoms with Crippen LogP contribution in [-0.4, -0.2) is 78.5 Å². The van der Waals surface area contributed by atoms with Gasteiger partial charge in [-0.3, -0.25) is 4.90 Å². The zero-order valence-corrected chi connectivity index (χ0v) is 17.5. The maximum Gasteiger partial charge on any atom is 0.490 e. The van der Waals surface area contributed by atoms with Crippen molar-refractivity contribution in [2.75, 3.05) is 27.2 Å². The first-order chi connectivity index (χ1) is 13.9. The Morgan fingerprint density at radius 1 is 1.33 bits per heavy atom. The van der Waals surface area contributed by atoms with Crippen LogP contribution < -0.4 is 5.32 Å².